The van der Waals surface area contributed by atoms with Gasteiger partial charge in [0, 0.05) is 49.9 Å². The van der Waals surface area contributed by atoms with Crippen molar-refractivity contribution in [3.63, 3.8) is 0 Å². The third-order valence-electron chi connectivity index (χ3n) is 3.92. The van der Waals surface area contributed by atoms with Crippen LogP contribution < -0.4 is 10.2 Å². The molecule has 118 valence electrons. The molecule has 0 aliphatic carbocycles. The molecule has 4 heteroatoms. The van der Waals surface area contributed by atoms with Crippen molar-refractivity contribution in [2.75, 3.05) is 31.1 Å². The molecule has 21 heavy (non-hydrogen) atoms. The van der Waals surface area contributed by atoms with E-state index in [0.717, 1.165) is 32.8 Å². The van der Waals surface area contributed by atoms with Crippen molar-refractivity contribution in [3.05, 3.63) is 24.0 Å². The average molecular weight is 291 g/mol. The van der Waals surface area contributed by atoms with Crippen LogP contribution in [0.1, 0.15) is 39.2 Å². The number of ether oxygens (including phenoxy) is 1. The zero-order valence-corrected chi connectivity index (χ0v) is 13.6. The topological polar surface area (TPSA) is 37.4 Å². The van der Waals surface area contributed by atoms with Gasteiger partial charge in [-0.25, -0.2) is 0 Å². The molecular formula is C17H29N3O. The van der Waals surface area contributed by atoms with Crippen LogP contribution in [0, 0.1) is 5.92 Å². The van der Waals surface area contributed by atoms with Crippen LogP contribution in [-0.4, -0.2) is 37.3 Å². The first-order valence-electron chi connectivity index (χ1n) is 8.20. The molecule has 0 spiro atoms. The Labute approximate surface area is 128 Å². The zero-order valence-electron chi connectivity index (χ0n) is 13.6. The standard InChI is InChI=1S/C17H29N3O/c1-4-20(13-16-6-5-9-21-16)17-7-8-18-11-15(17)12-19-10-14(2)3/h7-8,11,14,16,19H,4-6,9-10,12-13H2,1-3H3. The lowest BCUT2D eigenvalue weighted by molar-refractivity contribution is 0.115. The molecule has 1 aliphatic rings. The summed E-state index contributed by atoms with van der Waals surface area (Å²) in [6.07, 6.45) is 6.64. The van der Waals surface area contributed by atoms with Crippen LogP contribution in [-0.2, 0) is 11.3 Å². The maximum atomic E-state index is 5.79. The molecule has 0 radical (unpaired) electrons. The smallest absolute Gasteiger partial charge is 0.0750 e. The van der Waals surface area contributed by atoms with Gasteiger partial charge < -0.3 is 15.0 Å². The second-order valence-electron chi connectivity index (χ2n) is 6.20. The molecular weight excluding hydrogens is 262 g/mol. The van der Waals surface area contributed by atoms with E-state index in [4.69, 9.17) is 4.74 Å². The minimum absolute atomic E-state index is 0.384. The Morgan fingerprint density at radius 3 is 3.00 bits per heavy atom. The Bertz CT molecular complexity index is 416. The van der Waals surface area contributed by atoms with Gasteiger partial charge in [0.25, 0.3) is 0 Å². The first kappa shape index (κ1) is 16.2. The maximum Gasteiger partial charge on any atom is 0.0750 e. The molecule has 0 bridgehead atoms. The molecule has 0 saturated carbocycles. The molecule has 2 heterocycles. The van der Waals surface area contributed by atoms with Crippen molar-refractivity contribution in [3.8, 4) is 0 Å². The number of nitrogens with zero attached hydrogens (tertiary/aromatic N) is 2. The second-order valence-corrected chi connectivity index (χ2v) is 6.20. The molecule has 1 atom stereocenters. The van der Waals surface area contributed by atoms with Crippen LogP contribution in [0.15, 0.2) is 18.5 Å². The largest absolute Gasteiger partial charge is 0.376 e. The summed E-state index contributed by atoms with van der Waals surface area (Å²) in [5.74, 6) is 0.666. The lowest BCUT2D eigenvalue weighted by Gasteiger charge is -2.28. The highest BCUT2D eigenvalue weighted by atomic mass is 16.5. The summed E-state index contributed by atoms with van der Waals surface area (Å²) in [6.45, 7) is 11.5. The molecule has 0 aromatic carbocycles. The Hall–Kier alpha value is -1.13. The lowest BCUT2D eigenvalue weighted by atomic mass is 10.1. The number of pyridine rings is 1. The average Bonchev–Trinajstić information content (AvgIpc) is 2.98. The summed E-state index contributed by atoms with van der Waals surface area (Å²) >= 11 is 0. The first-order chi connectivity index (χ1) is 10.2. The van der Waals surface area contributed by atoms with Crippen LogP contribution in [0.4, 0.5) is 5.69 Å². The summed E-state index contributed by atoms with van der Waals surface area (Å²) in [4.78, 5) is 6.71. The number of anilines is 1. The Morgan fingerprint density at radius 1 is 1.48 bits per heavy atom. The van der Waals surface area contributed by atoms with Gasteiger partial charge >= 0.3 is 0 Å². The number of aromatic nitrogens is 1. The zero-order chi connectivity index (χ0) is 15.1. The summed E-state index contributed by atoms with van der Waals surface area (Å²) in [5, 5.41) is 3.52. The van der Waals surface area contributed by atoms with E-state index < -0.39 is 0 Å². The Morgan fingerprint density at radius 2 is 2.33 bits per heavy atom. The number of nitrogens with one attached hydrogen (secondary N) is 1. The fourth-order valence-electron chi connectivity index (χ4n) is 2.79. The van der Waals surface area contributed by atoms with Gasteiger partial charge in [-0.1, -0.05) is 13.8 Å². The molecule has 1 unspecified atom stereocenters. The molecule has 1 aromatic heterocycles. The second kappa shape index (κ2) is 8.35. The normalized spacial score (nSPS) is 18.4. The molecule has 1 aromatic rings. The van der Waals surface area contributed by atoms with Crippen LogP contribution in [0.3, 0.4) is 0 Å². The van der Waals surface area contributed by atoms with Crippen molar-refractivity contribution in [2.45, 2.75) is 46.3 Å². The third kappa shape index (κ3) is 4.97. The van der Waals surface area contributed by atoms with Crippen molar-refractivity contribution < 1.29 is 4.74 Å². The minimum atomic E-state index is 0.384. The molecule has 1 saturated heterocycles. The van der Waals surface area contributed by atoms with Gasteiger partial charge in [0.15, 0.2) is 0 Å². The van der Waals surface area contributed by atoms with E-state index in [9.17, 15) is 0 Å². The fraction of sp³-hybridized carbons (Fsp3) is 0.706. The van der Waals surface area contributed by atoms with Crippen molar-refractivity contribution in [1.29, 1.82) is 0 Å². The van der Waals surface area contributed by atoms with E-state index in [1.165, 1.54) is 24.1 Å². The van der Waals surface area contributed by atoms with Crippen LogP contribution in [0.5, 0.6) is 0 Å². The van der Waals surface area contributed by atoms with Gasteiger partial charge in [0.1, 0.15) is 0 Å². The highest BCUT2D eigenvalue weighted by molar-refractivity contribution is 5.52. The van der Waals surface area contributed by atoms with E-state index in [1.54, 1.807) is 0 Å². The van der Waals surface area contributed by atoms with Crippen LogP contribution in [0.25, 0.3) is 0 Å². The van der Waals surface area contributed by atoms with Crippen molar-refractivity contribution in [1.82, 2.24) is 10.3 Å². The van der Waals surface area contributed by atoms with E-state index in [-0.39, 0.29) is 0 Å². The monoisotopic (exact) mass is 291 g/mol. The summed E-state index contributed by atoms with van der Waals surface area (Å²) in [7, 11) is 0. The summed E-state index contributed by atoms with van der Waals surface area (Å²) < 4.78 is 5.79. The third-order valence-corrected chi connectivity index (χ3v) is 3.92. The fourth-order valence-corrected chi connectivity index (χ4v) is 2.79. The molecule has 2 rings (SSSR count). The lowest BCUT2D eigenvalue weighted by Crippen LogP contribution is -2.33. The Balaban J connectivity index is 2.01. The van der Waals surface area contributed by atoms with Crippen LogP contribution in [0.2, 0.25) is 0 Å². The van der Waals surface area contributed by atoms with E-state index in [1.807, 2.05) is 12.4 Å². The van der Waals surface area contributed by atoms with Crippen LogP contribution >= 0.6 is 0 Å². The van der Waals surface area contributed by atoms with E-state index in [2.05, 4.69) is 42.0 Å². The summed E-state index contributed by atoms with van der Waals surface area (Å²) in [6, 6.07) is 2.13. The maximum absolute atomic E-state index is 5.79. The van der Waals surface area contributed by atoms with Gasteiger partial charge in [-0.05, 0) is 38.3 Å². The van der Waals surface area contributed by atoms with Crippen molar-refractivity contribution >= 4 is 5.69 Å². The predicted octanol–water partition coefficient (Wildman–Crippen LogP) is 2.83. The van der Waals surface area contributed by atoms with Gasteiger partial charge in [0.2, 0.25) is 0 Å². The highest BCUT2D eigenvalue weighted by Crippen LogP contribution is 2.22. The predicted molar refractivity (Wildman–Crippen MR) is 87.6 cm³/mol. The molecule has 0 amide bonds. The number of hydrogen-bond acceptors (Lipinski definition) is 4. The number of rotatable bonds is 8. The molecule has 1 fully saturated rings. The number of hydrogen-bond donors (Lipinski definition) is 1. The van der Waals surface area contributed by atoms with Crippen molar-refractivity contribution in [2.24, 2.45) is 5.92 Å². The first-order valence-corrected chi connectivity index (χ1v) is 8.20. The van der Waals surface area contributed by atoms with E-state index in [0.29, 0.717) is 12.0 Å². The van der Waals surface area contributed by atoms with E-state index >= 15 is 0 Å². The van der Waals surface area contributed by atoms with Gasteiger partial charge in [0.05, 0.1) is 6.10 Å². The molecule has 1 aliphatic heterocycles. The minimum Gasteiger partial charge on any atom is -0.376 e. The van der Waals surface area contributed by atoms with Gasteiger partial charge in [-0.15, -0.1) is 0 Å². The SMILES string of the molecule is CCN(CC1CCCO1)c1ccncc1CNCC(C)C. The summed E-state index contributed by atoms with van der Waals surface area (Å²) in [5.41, 5.74) is 2.57. The molecule has 4 nitrogen and oxygen atoms in total. The molecule has 1 N–H and O–H groups in total. The van der Waals surface area contributed by atoms with Gasteiger partial charge in [-0.3, -0.25) is 4.98 Å². The Kier molecular flexibility index (Phi) is 6.46. The van der Waals surface area contributed by atoms with Gasteiger partial charge in [-0.2, -0.15) is 0 Å². The quantitative estimate of drug-likeness (QED) is 0.799. The number of likely N-dealkylation sites (N-methyl/N-ethyl adjacent to an activating group) is 1. The highest BCUT2D eigenvalue weighted by Gasteiger charge is 2.20.